The van der Waals surface area contributed by atoms with Crippen molar-refractivity contribution in [1.29, 1.82) is 0 Å². The first kappa shape index (κ1) is 17.6. The van der Waals surface area contributed by atoms with E-state index in [4.69, 9.17) is 4.79 Å². The molecule has 0 heterocycles. The van der Waals surface area contributed by atoms with Gasteiger partial charge in [0.05, 0.1) is 0 Å². The second kappa shape index (κ2) is 16.9. The van der Waals surface area contributed by atoms with Gasteiger partial charge in [-0.3, -0.25) is 0 Å². The number of amides is 1. The summed E-state index contributed by atoms with van der Waals surface area (Å²) in [7, 11) is 1.51. The van der Waals surface area contributed by atoms with Crippen LogP contribution in [0.4, 0.5) is 0 Å². The molecule has 0 fully saturated rings. The Balaban J connectivity index is -0.000000114. The molecule has 3 heteroatoms. The Hall–Kier alpha value is 0.522. The number of hydrogen-bond acceptors (Lipinski definition) is 1. The molecule has 1 N–H and O–H groups in total. The predicted octanol–water partition coefficient (Wildman–Crippen LogP) is 1.67. The first-order valence-corrected chi connectivity index (χ1v) is 3.58. The standard InChI is InChI=1S/C6H13.C2H4NO.U/c1-4-6(3)5-2;1-3-2-4;/h4-5H2,1-3H3;1H3,(H,3,4);/q2*-1;+2. The van der Waals surface area contributed by atoms with Crippen molar-refractivity contribution in [3.63, 3.8) is 0 Å². The van der Waals surface area contributed by atoms with Crippen LogP contribution in [0.3, 0.4) is 0 Å². The van der Waals surface area contributed by atoms with E-state index in [0.717, 1.165) is 0 Å². The van der Waals surface area contributed by atoms with Crippen LogP contribution >= 0.6 is 0 Å². The van der Waals surface area contributed by atoms with E-state index in [1.54, 1.807) is 5.92 Å². The van der Waals surface area contributed by atoms with Gasteiger partial charge in [-0.05, 0) is 7.05 Å². The third-order valence-corrected chi connectivity index (χ3v) is 1.31. The Labute approximate surface area is 93.9 Å². The van der Waals surface area contributed by atoms with E-state index in [0.29, 0.717) is 0 Å². The molecule has 0 saturated carbocycles. The molecule has 0 aromatic heterocycles. The van der Waals surface area contributed by atoms with Crippen LogP contribution in [-0.4, -0.2) is 13.5 Å². The van der Waals surface area contributed by atoms with E-state index in [9.17, 15) is 0 Å². The molecule has 2 nitrogen and oxygen atoms in total. The van der Waals surface area contributed by atoms with Gasteiger partial charge in [0.25, 0.3) is 0 Å². The van der Waals surface area contributed by atoms with Gasteiger partial charge < -0.3 is 16.0 Å². The van der Waals surface area contributed by atoms with Crippen molar-refractivity contribution in [3.8, 4) is 0 Å². The summed E-state index contributed by atoms with van der Waals surface area (Å²) >= 11 is 0. The van der Waals surface area contributed by atoms with E-state index in [2.05, 4.69) is 26.1 Å². The van der Waals surface area contributed by atoms with Crippen molar-refractivity contribution >= 4 is 6.41 Å². The molecule has 0 spiro atoms. The minimum Gasteiger partial charge on any atom is -0.532 e. The summed E-state index contributed by atoms with van der Waals surface area (Å²) in [5.41, 5.74) is 0. The topological polar surface area (TPSA) is 29.1 Å². The SMILES string of the molecule is CC[C-](C)CC.CN[C-]=O.[U+2]. The third-order valence-electron chi connectivity index (χ3n) is 1.31. The van der Waals surface area contributed by atoms with Gasteiger partial charge in [0.1, 0.15) is 0 Å². The van der Waals surface area contributed by atoms with Gasteiger partial charge in [-0.2, -0.15) is 26.2 Å². The monoisotopic (exact) mass is 381 g/mol. The van der Waals surface area contributed by atoms with Crippen molar-refractivity contribution in [2.75, 3.05) is 7.05 Å². The molecular weight excluding hydrogens is 364 g/mol. The molecule has 64 valence electrons. The fourth-order valence-electron chi connectivity index (χ4n) is 0.250. The normalized spacial score (nSPS) is 7.36. The van der Waals surface area contributed by atoms with Crippen molar-refractivity contribution < 1.29 is 35.9 Å². The number of hydrogen-bond donors (Lipinski definition) is 1. The molecule has 0 bridgehead atoms. The van der Waals surface area contributed by atoms with E-state index < -0.39 is 0 Å². The van der Waals surface area contributed by atoms with Crippen LogP contribution in [0.5, 0.6) is 0 Å². The van der Waals surface area contributed by atoms with E-state index in [-0.39, 0.29) is 31.1 Å². The zero-order chi connectivity index (χ0) is 8.41. The zero-order valence-corrected chi connectivity index (χ0v) is 12.0. The Morgan fingerprint density at radius 1 is 1.36 bits per heavy atom. The minimum absolute atomic E-state index is 0. The molecule has 0 aliphatic carbocycles. The van der Waals surface area contributed by atoms with Crippen molar-refractivity contribution in [3.05, 3.63) is 5.92 Å². The fourth-order valence-corrected chi connectivity index (χ4v) is 0.250. The first-order chi connectivity index (χ1) is 4.72. The van der Waals surface area contributed by atoms with Crippen LogP contribution in [0.1, 0.15) is 33.6 Å². The Bertz CT molecular complexity index is 65.1. The van der Waals surface area contributed by atoms with Gasteiger partial charge in [-0.25, -0.2) is 0 Å². The first-order valence-electron chi connectivity index (χ1n) is 3.58. The summed E-state index contributed by atoms with van der Waals surface area (Å²) < 4.78 is 0. The number of nitrogens with one attached hydrogen (secondary N) is 1. The zero-order valence-electron chi connectivity index (χ0n) is 7.82. The molecule has 0 rings (SSSR count). The van der Waals surface area contributed by atoms with E-state index in [1.807, 2.05) is 0 Å². The van der Waals surface area contributed by atoms with Gasteiger partial charge in [0, 0.05) is 0 Å². The van der Waals surface area contributed by atoms with Crippen molar-refractivity contribution in [2.45, 2.75) is 33.6 Å². The average Bonchev–Trinajstić information content (AvgIpc) is 2.03. The maximum Gasteiger partial charge on any atom is 2.00 e. The summed E-state index contributed by atoms with van der Waals surface area (Å²) in [6, 6.07) is 0. The third kappa shape index (κ3) is 25.1. The van der Waals surface area contributed by atoms with Crippen molar-refractivity contribution in [1.82, 2.24) is 5.32 Å². The largest absolute Gasteiger partial charge is 2.00 e. The molecule has 0 unspecified atom stereocenters. The molecule has 0 aliphatic heterocycles. The summed E-state index contributed by atoms with van der Waals surface area (Å²) in [6.07, 6.45) is 3.92. The molecule has 0 saturated heterocycles. The number of carbonyl (C=O) groups excluding carboxylic acids is 1. The smallest absolute Gasteiger partial charge is 0.532 e. The maximum atomic E-state index is 8.94. The summed E-state index contributed by atoms with van der Waals surface area (Å²) in [6.45, 7) is 6.58. The van der Waals surface area contributed by atoms with Gasteiger partial charge >= 0.3 is 31.1 Å². The van der Waals surface area contributed by atoms with Crippen LogP contribution in [0.15, 0.2) is 0 Å². The molecule has 0 aromatic rings. The summed E-state index contributed by atoms with van der Waals surface area (Å²) in [5, 5.41) is 2.12. The number of rotatable bonds is 3. The second-order valence-electron chi connectivity index (χ2n) is 2.02. The molecule has 1 amide bonds. The Morgan fingerprint density at radius 2 is 1.64 bits per heavy atom. The Kier molecular flexibility index (Phi) is 26.9. The van der Waals surface area contributed by atoms with Gasteiger partial charge in [-0.1, -0.05) is 13.8 Å². The molecule has 11 heavy (non-hydrogen) atoms. The average molecular weight is 381 g/mol. The second-order valence-corrected chi connectivity index (χ2v) is 2.02. The van der Waals surface area contributed by atoms with Crippen LogP contribution in [-0.2, 0) is 4.79 Å². The predicted molar refractivity (Wildman–Crippen MR) is 44.3 cm³/mol. The molecule has 0 aromatic carbocycles. The van der Waals surface area contributed by atoms with Crippen LogP contribution in [0.2, 0.25) is 0 Å². The molecule has 0 atom stereocenters. The van der Waals surface area contributed by atoms with Gasteiger partial charge in [0.15, 0.2) is 0 Å². The van der Waals surface area contributed by atoms with E-state index in [1.165, 1.54) is 26.3 Å². The van der Waals surface area contributed by atoms with Gasteiger partial charge in [0.2, 0.25) is 0 Å². The molecular formula is C8H17NOU. The quantitative estimate of drug-likeness (QED) is 0.585. The molecule has 0 radical (unpaired) electrons. The van der Waals surface area contributed by atoms with Crippen molar-refractivity contribution in [2.24, 2.45) is 0 Å². The summed E-state index contributed by atoms with van der Waals surface area (Å²) in [5.74, 6) is 1.59. The van der Waals surface area contributed by atoms with Crippen LogP contribution in [0, 0.1) is 37.0 Å². The van der Waals surface area contributed by atoms with Crippen LogP contribution in [0.25, 0.3) is 0 Å². The maximum absolute atomic E-state index is 8.94. The molecule has 0 aliphatic rings. The summed E-state index contributed by atoms with van der Waals surface area (Å²) in [4.78, 5) is 8.94. The van der Waals surface area contributed by atoms with E-state index >= 15 is 0 Å². The Morgan fingerprint density at radius 3 is 1.64 bits per heavy atom. The van der Waals surface area contributed by atoms with Crippen LogP contribution < -0.4 is 5.32 Å². The fraction of sp³-hybridized carbons (Fsp3) is 0.750. The minimum atomic E-state index is 0. The van der Waals surface area contributed by atoms with Gasteiger partial charge in [-0.15, -0.1) is 0 Å².